The lowest BCUT2D eigenvalue weighted by molar-refractivity contribution is -0.158. The lowest BCUT2D eigenvalue weighted by atomic mass is 10.0. The number of thiophene rings is 1. The third-order valence-electron chi connectivity index (χ3n) is 4.01. The van der Waals surface area contributed by atoms with Gasteiger partial charge in [-0.1, -0.05) is 21.6 Å². The van der Waals surface area contributed by atoms with Crippen LogP contribution >= 0.6 is 44.7 Å². The quantitative estimate of drug-likeness (QED) is 0.194. The van der Waals surface area contributed by atoms with Crippen LogP contribution in [0.25, 0.3) is 0 Å². The highest BCUT2D eigenvalue weighted by atomic mass is 33.1. The molecule has 1 amide bonds. The normalized spacial score (nSPS) is 12.7. The van der Waals surface area contributed by atoms with Gasteiger partial charge in [-0.3, -0.25) is 15.3 Å². The number of carbonyl (C=O) groups excluding carboxylic acids is 3. The minimum atomic E-state index is -0.589. The summed E-state index contributed by atoms with van der Waals surface area (Å²) >= 11 is 3.35. The maximum absolute atomic E-state index is 12.7. The molecule has 1 aromatic heterocycles. The topological polar surface area (TPSA) is 105 Å². The first-order valence-corrected chi connectivity index (χ1v) is 14.8. The number of ether oxygens (including phenoxy) is 2. The van der Waals surface area contributed by atoms with E-state index in [1.165, 1.54) is 0 Å². The van der Waals surface area contributed by atoms with Crippen molar-refractivity contribution < 1.29 is 23.9 Å². The van der Waals surface area contributed by atoms with Gasteiger partial charge in [0.15, 0.2) is 6.61 Å². The van der Waals surface area contributed by atoms with Gasteiger partial charge >= 0.3 is 11.9 Å². The number of hydrogen-bond acceptors (Lipinski definition) is 9. The van der Waals surface area contributed by atoms with Crippen molar-refractivity contribution in [2.45, 2.75) is 32.2 Å². The molecule has 0 aliphatic heterocycles. The zero-order valence-corrected chi connectivity index (χ0v) is 21.2. The summed E-state index contributed by atoms with van der Waals surface area (Å²) < 4.78 is 9.52. The van der Waals surface area contributed by atoms with Crippen LogP contribution in [0.1, 0.15) is 25.3 Å². The van der Waals surface area contributed by atoms with E-state index in [4.69, 9.17) is 15.2 Å². The van der Waals surface area contributed by atoms with E-state index >= 15 is 0 Å². The highest BCUT2D eigenvalue weighted by Gasteiger charge is 2.20. The first-order chi connectivity index (χ1) is 15.0. The molecule has 31 heavy (non-hydrogen) atoms. The lowest BCUT2D eigenvalue weighted by Gasteiger charge is -2.16. The fourth-order valence-electron chi connectivity index (χ4n) is 2.37. The zero-order chi connectivity index (χ0) is 22.9. The van der Waals surface area contributed by atoms with E-state index in [0.717, 1.165) is 23.5 Å². The fraction of sp³-hybridized carbons (Fsp3) is 0.650. The molecule has 11 heteroatoms. The van der Waals surface area contributed by atoms with Crippen molar-refractivity contribution in [2.75, 3.05) is 43.3 Å². The first-order valence-electron chi connectivity index (χ1n) is 10.0. The Morgan fingerprint density at radius 1 is 1.19 bits per heavy atom. The van der Waals surface area contributed by atoms with Gasteiger partial charge in [-0.05, 0) is 54.2 Å². The molecule has 0 fully saturated rings. The number of nitrogens with one attached hydrogen (secondary N) is 2. The molecule has 1 heterocycles. The van der Waals surface area contributed by atoms with E-state index in [9.17, 15) is 14.4 Å². The first kappa shape index (κ1) is 28.2. The second-order valence-corrected chi connectivity index (χ2v) is 10.9. The monoisotopic (exact) mass is 507 g/mol. The van der Waals surface area contributed by atoms with Gasteiger partial charge in [0.25, 0.3) is 0 Å². The third kappa shape index (κ3) is 14.0. The zero-order valence-electron chi connectivity index (χ0n) is 17.9. The lowest BCUT2D eigenvalue weighted by Crippen LogP contribution is -2.35. The highest BCUT2D eigenvalue weighted by Crippen LogP contribution is 2.27. The fourth-order valence-corrected chi connectivity index (χ4v) is 6.09. The van der Waals surface area contributed by atoms with E-state index in [1.807, 2.05) is 23.1 Å². The summed E-state index contributed by atoms with van der Waals surface area (Å²) in [5, 5.41) is 6.82. The SMILES string of the molecule is CCOC(=O)COC(=O)CCNC(=O)C(CSSCC([NH])CCSC)Cc1ccsc1. The molecule has 2 unspecified atom stereocenters. The molecule has 0 aliphatic carbocycles. The van der Waals surface area contributed by atoms with E-state index in [2.05, 4.69) is 5.32 Å². The van der Waals surface area contributed by atoms with Crippen LogP contribution in [0.5, 0.6) is 0 Å². The van der Waals surface area contributed by atoms with E-state index in [-0.39, 0.29) is 37.4 Å². The van der Waals surface area contributed by atoms with Crippen molar-refractivity contribution in [2.24, 2.45) is 5.92 Å². The van der Waals surface area contributed by atoms with Gasteiger partial charge in [0.05, 0.1) is 18.9 Å². The molecule has 0 aromatic carbocycles. The molecule has 0 saturated carbocycles. The molecule has 1 radical (unpaired) electrons. The van der Waals surface area contributed by atoms with Gasteiger partial charge in [-0.15, -0.1) is 0 Å². The Bertz CT molecular complexity index is 646. The van der Waals surface area contributed by atoms with E-state index < -0.39 is 18.5 Å². The summed E-state index contributed by atoms with van der Waals surface area (Å²) in [7, 11) is 3.26. The average molecular weight is 508 g/mol. The second-order valence-electron chi connectivity index (χ2n) is 6.59. The average Bonchev–Trinajstić information content (AvgIpc) is 3.26. The minimum Gasteiger partial charge on any atom is -0.463 e. The van der Waals surface area contributed by atoms with Crippen molar-refractivity contribution in [1.82, 2.24) is 11.1 Å². The maximum Gasteiger partial charge on any atom is 0.344 e. The number of rotatable bonds is 17. The Labute approximate surface area is 200 Å². The van der Waals surface area contributed by atoms with Crippen molar-refractivity contribution in [3.63, 3.8) is 0 Å². The summed E-state index contributed by atoms with van der Waals surface area (Å²) in [5.74, 6) is 0.887. The van der Waals surface area contributed by atoms with Gasteiger partial charge in [0, 0.05) is 24.1 Å². The van der Waals surface area contributed by atoms with Gasteiger partial charge in [-0.25, -0.2) is 4.79 Å². The van der Waals surface area contributed by atoms with Crippen molar-refractivity contribution in [3.8, 4) is 0 Å². The van der Waals surface area contributed by atoms with Crippen LogP contribution in [0, 0.1) is 5.92 Å². The molecule has 1 aromatic rings. The predicted octanol–water partition coefficient (Wildman–Crippen LogP) is 3.31. The summed E-state index contributed by atoms with van der Waals surface area (Å²) in [6, 6.07) is 1.92. The van der Waals surface area contributed by atoms with E-state index in [1.54, 1.807) is 51.6 Å². The van der Waals surface area contributed by atoms with Crippen LogP contribution in [0.15, 0.2) is 16.8 Å². The Hall–Kier alpha value is -0.880. The molecule has 0 aliphatic rings. The second kappa shape index (κ2) is 17.6. The van der Waals surface area contributed by atoms with Crippen molar-refractivity contribution in [1.29, 1.82) is 0 Å². The maximum atomic E-state index is 12.7. The molecule has 1 rings (SSSR count). The van der Waals surface area contributed by atoms with Crippen LogP contribution in [-0.4, -0.2) is 67.2 Å². The molecule has 2 N–H and O–H groups in total. The molecule has 175 valence electrons. The van der Waals surface area contributed by atoms with E-state index in [0.29, 0.717) is 12.2 Å². The number of carbonyl (C=O) groups is 3. The Kier molecular flexibility index (Phi) is 16.0. The molecular weight excluding hydrogens is 476 g/mol. The summed E-state index contributed by atoms with van der Waals surface area (Å²) in [4.78, 5) is 35.6. The molecule has 0 bridgehead atoms. The molecule has 0 saturated heterocycles. The van der Waals surface area contributed by atoms with Crippen molar-refractivity contribution >= 4 is 62.5 Å². The number of hydrogen-bond donors (Lipinski definition) is 1. The summed E-state index contributed by atoms with van der Waals surface area (Å²) in [5.41, 5.74) is 9.13. The van der Waals surface area contributed by atoms with Crippen LogP contribution in [0.2, 0.25) is 0 Å². The smallest absolute Gasteiger partial charge is 0.344 e. The summed E-state index contributed by atoms with van der Waals surface area (Å²) in [6.45, 7) is 1.65. The number of esters is 2. The highest BCUT2D eigenvalue weighted by molar-refractivity contribution is 8.76. The Balaban J connectivity index is 2.38. The van der Waals surface area contributed by atoms with Crippen molar-refractivity contribution in [3.05, 3.63) is 22.4 Å². The predicted molar refractivity (Wildman–Crippen MR) is 132 cm³/mol. The van der Waals surface area contributed by atoms with Crippen LogP contribution in [0.3, 0.4) is 0 Å². The van der Waals surface area contributed by atoms with Crippen LogP contribution in [-0.2, 0) is 30.3 Å². The van der Waals surface area contributed by atoms with Gasteiger partial charge in [0.2, 0.25) is 5.91 Å². The third-order valence-corrected chi connectivity index (χ3v) is 7.95. The van der Waals surface area contributed by atoms with Gasteiger partial charge in [-0.2, -0.15) is 23.1 Å². The number of thioether (sulfide) groups is 1. The standard InChI is InChI=1S/C20H31N2O5S4/c1-3-26-19(24)11-27-18(23)4-7-22-20(25)16(10-15-5-9-29-12-15)13-30-31-14-17(21)6-8-28-2/h5,9,12,16-17,21H,3-4,6-8,10-11,13-14H2,1-2H3,(H,22,25). The molecular formula is C20H31N2O5S4. The van der Waals surface area contributed by atoms with Gasteiger partial charge < -0.3 is 14.8 Å². The van der Waals surface area contributed by atoms with Crippen LogP contribution in [0.4, 0.5) is 0 Å². The largest absolute Gasteiger partial charge is 0.463 e. The minimum absolute atomic E-state index is 0.00578. The molecule has 0 spiro atoms. The molecule has 7 nitrogen and oxygen atoms in total. The van der Waals surface area contributed by atoms with Gasteiger partial charge in [0.1, 0.15) is 0 Å². The summed E-state index contributed by atoms with van der Waals surface area (Å²) in [6.07, 6.45) is 3.54. The Morgan fingerprint density at radius 3 is 2.65 bits per heavy atom. The van der Waals surface area contributed by atoms with Crippen LogP contribution < -0.4 is 11.1 Å². The number of amides is 1. The molecule has 2 atom stereocenters. The Morgan fingerprint density at radius 2 is 1.97 bits per heavy atom.